The van der Waals surface area contributed by atoms with Crippen LogP contribution in [-0.4, -0.2) is 18.1 Å². The van der Waals surface area contributed by atoms with Crippen LogP contribution in [0.2, 0.25) is 0 Å². The summed E-state index contributed by atoms with van der Waals surface area (Å²) in [4.78, 5) is 0.186. The largest absolute Gasteiger partial charge is 0.390 e. The Bertz CT molecular complexity index is 658. The fraction of sp³-hybridized carbons (Fsp3) is 0.385. The molecule has 0 saturated heterocycles. The highest BCUT2D eigenvalue weighted by Crippen LogP contribution is 2.19. The van der Waals surface area contributed by atoms with Gasteiger partial charge in [-0.25, -0.2) is 13.1 Å². The normalized spacial score (nSPS) is 12.2. The third kappa shape index (κ3) is 3.29. The highest BCUT2D eigenvalue weighted by atomic mass is 32.2. The first kappa shape index (κ1) is 15.2. The maximum absolute atomic E-state index is 12.2. The van der Waals surface area contributed by atoms with Crippen LogP contribution < -0.4 is 4.72 Å². The number of aromatic nitrogens is 1. The van der Waals surface area contributed by atoms with Crippen LogP contribution in [0.25, 0.3) is 0 Å². The van der Waals surface area contributed by atoms with Crippen LogP contribution >= 0.6 is 11.3 Å². The number of hydrogen-bond donors (Lipinski definition) is 2. The fourth-order valence-electron chi connectivity index (χ4n) is 1.91. The van der Waals surface area contributed by atoms with Crippen molar-refractivity contribution >= 4 is 21.4 Å². The zero-order valence-electron chi connectivity index (χ0n) is 11.4. The first-order chi connectivity index (χ1) is 9.44. The summed E-state index contributed by atoms with van der Waals surface area (Å²) in [6, 6.07) is 3.49. The van der Waals surface area contributed by atoms with Crippen LogP contribution in [0.5, 0.6) is 0 Å². The second-order valence-corrected chi connectivity index (χ2v) is 7.33. The fourth-order valence-corrected chi connectivity index (χ4v) is 3.64. The molecular formula is C13H18N2O3S2. The van der Waals surface area contributed by atoms with Crippen molar-refractivity contribution in [1.29, 1.82) is 0 Å². The van der Waals surface area contributed by atoms with Crippen molar-refractivity contribution < 1.29 is 13.5 Å². The predicted octanol–water partition coefficient (Wildman–Crippen LogP) is 2.10. The Kier molecular flexibility index (Phi) is 4.64. The van der Waals surface area contributed by atoms with E-state index in [2.05, 4.69) is 4.72 Å². The lowest BCUT2D eigenvalue weighted by molar-refractivity contribution is 0.268. The summed E-state index contributed by atoms with van der Waals surface area (Å²) >= 11 is 1.53. The molecule has 2 N–H and O–H groups in total. The van der Waals surface area contributed by atoms with E-state index in [0.717, 1.165) is 5.56 Å². The van der Waals surface area contributed by atoms with Crippen molar-refractivity contribution in [2.45, 2.75) is 37.9 Å². The van der Waals surface area contributed by atoms with Crippen molar-refractivity contribution in [1.82, 2.24) is 9.29 Å². The van der Waals surface area contributed by atoms with Crippen LogP contribution in [-0.2, 0) is 23.2 Å². The minimum Gasteiger partial charge on any atom is -0.390 e. The van der Waals surface area contributed by atoms with Gasteiger partial charge in [-0.05, 0) is 42.3 Å². The van der Waals surface area contributed by atoms with Crippen molar-refractivity contribution in [2.75, 3.05) is 0 Å². The number of aliphatic hydroxyl groups is 1. The molecule has 0 aliphatic carbocycles. The number of thiophene rings is 1. The van der Waals surface area contributed by atoms with Gasteiger partial charge in [0.15, 0.2) is 0 Å². The van der Waals surface area contributed by atoms with E-state index in [-0.39, 0.29) is 24.1 Å². The monoisotopic (exact) mass is 314 g/mol. The third-order valence-electron chi connectivity index (χ3n) is 2.98. The molecule has 0 aliphatic heterocycles. The standard InChI is InChI=1S/C13H18N2O3S2/c1-10(2)15-7-13(5-12(15)8-16)20(17,18)14-6-11-3-4-19-9-11/h3-5,7,9-10,14,16H,6,8H2,1-2H3. The summed E-state index contributed by atoms with van der Waals surface area (Å²) in [6.07, 6.45) is 1.56. The lowest BCUT2D eigenvalue weighted by Gasteiger charge is -2.10. The molecule has 110 valence electrons. The van der Waals surface area contributed by atoms with Crippen molar-refractivity contribution in [3.05, 3.63) is 40.3 Å². The SMILES string of the molecule is CC(C)n1cc(S(=O)(=O)NCc2ccsc2)cc1CO. The second kappa shape index (κ2) is 6.09. The lowest BCUT2D eigenvalue weighted by atomic mass is 10.3. The molecule has 0 aliphatic rings. The number of aliphatic hydroxyl groups excluding tert-OH is 1. The summed E-state index contributed by atoms with van der Waals surface area (Å²) in [5.41, 5.74) is 1.53. The van der Waals surface area contributed by atoms with Crippen LogP contribution in [0.3, 0.4) is 0 Å². The Morgan fingerprint density at radius 2 is 2.20 bits per heavy atom. The summed E-state index contributed by atoms with van der Waals surface area (Å²) < 4.78 is 28.8. The van der Waals surface area contributed by atoms with Crippen LogP contribution in [0.15, 0.2) is 34.0 Å². The van der Waals surface area contributed by atoms with Crippen molar-refractivity contribution in [3.63, 3.8) is 0 Å². The highest BCUT2D eigenvalue weighted by Gasteiger charge is 2.19. The van der Waals surface area contributed by atoms with E-state index >= 15 is 0 Å². The van der Waals surface area contributed by atoms with E-state index in [1.807, 2.05) is 30.7 Å². The maximum atomic E-state index is 12.2. The smallest absolute Gasteiger partial charge is 0.242 e. The average molecular weight is 314 g/mol. The van der Waals surface area contributed by atoms with Gasteiger partial charge in [-0.2, -0.15) is 11.3 Å². The first-order valence-corrected chi connectivity index (χ1v) is 8.69. The Hall–Kier alpha value is -1.15. The molecule has 2 aromatic heterocycles. The van der Waals surface area contributed by atoms with Gasteiger partial charge < -0.3 is 9.67 Å². The average Bonchev–Trinajstić information content (AvgIpc) is 3.05. The topological polar surface area (TPSA) is 71.3 Å². The molecule has 20 heavy (non-hydrogen) atoms. The zero-order valence-corrected chi connectivity index (χ0v) is 13.0. The molecule has 0 amide bonds. The van der Waals surface area contributed by atoms with Gasteiger partial charge in [0.05, 0.1) is 11.5 Å². The van der Waals surface area contributed by atoms with E-state index < -0.39 is 10.0 Å². The summed E-state index contributed by atoms with van der Waals surface area (Å²) in [7, 11) is -3.56. The van der Waals surface area contributed by atoms with E-state index in [4.69, 9.17) is 0 Å². The molecule has 2 rings (SSSR count). The molecule has 0 spiro atoms. The summed E-state index contributed by atoms with van der Waals surface area (Å²) in [5.74, 6) is 0. The van der Waals surface area contributed by atoms with Crippen LogP contribution in [0.4, 0.5) is 0 Å². The van der Waals surface area contributed by atoms with Gasteiger partial charge in [0.25, 0.3) is 0 Å². The molecular weight excluding hydrogens is 296 g/mol. The second-order valence-electron chi connectivity index (χ2n) is 4.78. The Balaban J connectivity index is 2.21. The molecule has 0 radical (unpaired) electrons. The van der Waals surface area contributed by atoms with Gasteiger partial charge in [0.2, 0.25) is 10.0 Å². The van der Waals surface area contributed by atoms with Gasteiger partial charge in [0, 0.05) is 24.5 Å². The van der Waals surface area contributed by atoms with Gasteiger partial charge in [0.1, 0.15) is 0 Å². The van der Waals surface area contributed by atoms with E-state index in [1.165, 1.54) is 17.4 Å². The molecule has 2 aromatic rings. The third-order valence-corrected chi connectivity index (χ3v) is 5.08. The van der Waals surface area contributed by atoms with Crippen molar-refractivity contribution in [3.8, 4) is 0 Å². The van der Waals surface area contributed by atoms with Gasteiger partial charge in [-0.3, -0.25) is 0 Å². The van der Waals surface area contributed by atoms with E-state index in [0.29, 0.717) is 5.69 Å². The number of rotatable bonds is 6. The number of nitrogens with zero attached hydrogens (tertiary/aromatic N) is 1. The van der Waals surface area contributed by atoms with Crippen molar-refractivity contribution in [2.24, 2.45) is 0 Å². The molecule has 0 atom stereocenters. The molecule has 0 aromatic carbocycles. The maximum Gasteiger partial charge on any atom is 0.242 e. The Labute approximate surface area is 122 Å². The molecule has 0 fully saturated rings. The summed E-state index contributed by atoms with van der Waals surface area (Å²) in [5, 5.41) is 13.1. The predicted molar refractivity (Wildman–Crippen MR) is 79.1 cm³/mol. The summed E-state index contributed by atoms with van der Waals surface area (Å²) in [6.45, 7) is 3.97. The Morgan fingerprint density at radius 1 is 1.45 bits per heavy atom. The number of hydrogen-bond acceptors (Lipinski definition) is 4. The first-order valence-electron chi connectivity index (χ1n) is 6.26. The van der Waals surface area contributed by atoms with Gasteiger partial charge >= 0.3 is 0 Å². The molecule has 0 bridgehead atoms. The molecule has 0 unspecified atom stereocenters. The molecule has 7 heteroatoms. The quantitative estimate of drug-likeness (QED) is 0.858. The van der Waals surface area contributed by atoms with Gasteiger partial charge in [-0.1, -0.05) is 0 Å². The van der Waals surface area contributed by atoms with Crippen LogP contribution in [0, 0.1) is 0 Å². The highest BCUT2D eigenvalue weighted by molar-refractivity contribution is 7.89. The Morgan fingerprint density at radius 3 is 2.70 bits per heavy atom. The number of nitrogens with one attached hydrogen (secondary N) is 1. The number of sulfonamides is 1. The molecule has 5 nitrogen and oxygen atoms in total. The minimum absolute atomic E-state index is 0.0953. The minimum atomic E-state index is -3.56. The van der Waals surface area contributed by atoms with Crippen LogP contribution in [0.1, 0.15) is 31.1 Å². The molecule has 0 saturated carbocycles. The molecule has 2 heterocycles. The lowest BCUT2D eigenvalue weighted by Crippen LogP contribution is -2.22. The zero-order chi connectivity index (χ0) is 14.8. The van der Waals surface area contributed by atoms with Gasteiger partial charge in [-0.15, -0.1) is 0 Å². The van der Waals surface area contributed by atoms with E-state index in [9.17, 15) is 13.5 Å². The van der Waals surface area contributed by atoms with E-state index in [1.54, 1.807) is 10.8 Å².